The highest BCUT2D eigenvalue weighted by Gasteiger charge is 2.16. The third-order valence-electron chi connectivity index (χ3n) is 3.95. The molecule has 0 spiro atoms. The van der Waals surface area contributed by atoms with Crippen LogP contribution in [0.2, 0.25) is 0 Å². The van der Waals surface area contributed by atoms with Gasteiger partial charge in [-0.3, -0.25) is 9.69 Å². The van der Waals surface area contributed by atoms with Crippen molar-refractivity contribution in [2.75, 3.05) is 39.7 Å². The second kappa shape index (κ2) is 10.2. The van der Waals surface area contributed by atoms with E-state index in [0.717, 1.165) is 5.56 Å². The lowest BCUT2D eigenvalue weighted by Crippen LogP contribution is -2.33. The SMILES string of the molecule is C#CCN(CC(=O)Nc1cc(OC)c(OC)c(OC)c1)Cc1ccc(F)cc1. The maximum atomic E-state index is 13.1. The molecule has 0 aromatic heterocycles. The molecule has 0 saturated heterocycles. The van der Waals surface area contributed by atoms with E-state index in [1.54, 1.807) is 29.2 Å². The Hall–Kier alpha value is -3.24. The van der Waals surface area contributed by atoms with Crippen LogP contribution in [0.5, 0.6) is 17.2 Å². The lowest BCUT2D eigenvalue weighted by atomic mass is 10.2. The van der Waals surface area contributed by atoms with Gasteiger partial charge in [-0.05, 0) is 17.7 Å². The number of ether oxygens (including phenoxy) is 3. The highest BCUT2D eigenvalue weighted by molar-refractivity contribution is 5.93. The summed E-state index contributed by atoms with van der Waals surface area (Å²) in [6, 6.07) is 9.36. The summed E-state index contributed by atoms with van der Waals surface area (Å²) < 4.78 is 28.9. The number of nitrogens with zero attached hydrogens (tertiary/aromatic N) is 1. The van der Waals surface area contributed by atoms with Gasteiger partial charge in [0, 0.05) is 24.4 Å². The molecule has 0 aliphatic carbocycles. The van der Waals surface area contributed by atoms with E-state index in [2.05, 4.69) is 11.2 Å². The molecule has 28 heavy (non-hydrogen) atoms. The summed E-state index contributed by atoms with van der Waals surface area (Å²) in [7, 11) is 4.51. The maximum Gasteiger partial charge on any atom is 0.238 e. The van der Waals surface area contributed by atoms with Gasteiger partial charge in [-0.1, -0.05) is 18.1 Å². The fourth-order valence-electron chi connectivity index (χ4n) is 2.70. The number of anilines is 1. The van der Waals surface area contributed by atoms with Crippen molar-refractivity contribution in [3.05, 3.63) is 47.8 Å². The van der Waals surface area contributed by atoms with Crippen molar-refractivity contribution in [2.24, 2.45) is 0 Å². The highest BCUT2D eigenvalue weighted by atomic mass is 19.1. The van der Waals surface area contributed by atoms with Gasteiger partial charge in [0.1, 0.15) is 5.82 Å². The van der Waals surface area contributed by atoms with Crippen LogP contribution >= 0.6 is 0 Å². The topological polar surface area (TPSA) is 60.0 Å². The standard InChI is InChI=1S/C21H23FN2O4/c1-5-10-24(13-15-6-8-16(22)9-7-15)14-20(25)23-17-11-18(26-2)21(28-4)19(12-17)27-3/h1,6-9,11-12H,10,13-14H2,2-4H3,(H,23,25). The summed E-state index contributed by atoms with van der Waals surface area (Å²) in [6.45, 7) is 0.769. The molecular formula is C21H23FN2O4. The molecule has 0 atom stereocenters. The lowest BCUT2D eigenvalue weighted by molar-refractivity contribution is -0.117. The number of hydrogen-bond acceptors (Lipinski definition) is 5. The van der Waals surface area contributed by atoms with Crippen LogP contribution in [0.1, 0.15) is 5.56 Å². The second-order valence-electron chi connectivity index (χ2n) is 5.94. The van der Waals surface area contributed by atoms with Crippen molar-refractivity contribution in [3.8, 4) is 29.6 Å². The number of rotatable bonds is 9. The average molecular weight is 386 g/mol. The number of halogens is 1. The highest BCUT2D eigenvalue weighted by Crippen LogP contribution is 2.39. The van der Waals surface area contributed by atoms with E-state index < -0.39 is 0 Å². The van der Waals surface area contributed by atoms with E-state index in [1.807, 2.05) is 0 Å². The predicted molar refractivity (Wildman–Crippen MR) is 105 cm³/mol. The van der Waals surface area contributed by atoms with Gasteiger partial charge in [0.15, 0.2) is 11.5 Å². The number of nitrogens with one attached hydrogen (secondary N) is 1. The molecule has 2 rings (SSSR count). The first kappa shape index (κ1) is 21.1. The van der Waals surface area contributed by atoms with Gasteiger partial charge < -0.3 is 19.5 Å². The Morgan fingerprint density at radius 3 is 2.21 bits per heavy atom. The van der Waals surface area contributed by atoms with E-state index >= 15 is 0 Å². The van der Waals surface area contributed by atoms with E-state index in [1.165, 1.54) is 33.5 Å². The molecule has 7 heteroatoms. The van der Waals surface area contributed by atoms with Crippen LogP contribution < -0.4 is 19.5 Å². The minimum absolute atomic E-state index is 0.0677. The first-order valence-corrected chi connectivity index (χ1v) is 8.50. The molecule has 0 unspecified atom stereocenters. The number of benzene rings is 2. The quantitative estimate of drug-likeness (QED) is 0.672. The number of hydrogen-bond donors (Lipinski definition) is 1. The molecule has 1 N–H and O–H groups in total. The number of carbonyl (C=O) groups is 1. The molecule has 0 heterocycles. The molecule has 0 saturated carbocycles. The molecule has 1 amide bonds. The Morgan fingerprint density at radius 2 is 1.71 bits per heavy atom. The second-order valence-corrected chi connectivity index (χ2v) is 5.94. The Kier molecular flexibility index (Phi) is 7.66. The third kappa shape index (κ3) is 5.63. The molecule has 0 radical (unpaired) electrons. The smallest absolute Gasteiger partial charge is 0.238 e. The summed E-state index contributed by atoms with van der Waals surface area (Å²) in [5.41, 5.74) is 1.36. The number of carbonyl (C=O) groups excluding carboxylic acids is 1. The Morgan fingerprint density at radius 1 is 1.11 bits per heavy atom. The van der Waals surface area contributed by atoms with Gasteiger partial charge in [0.2, 0.25) is 11.7 Å². The van der Waals surface area contributed by atoms with E-state index in [0.29, 0.717) is 29.5 Å². The predicted octanol–water partition coefficient (Wildman–Crippen LogP) is 2.93. The molecule has 0 aliphatic rings. The monoisotopic (exact) mass is 386 g/mol. The summed E-state index contributed by atoms with van der Waals surface area (Å²) in [4.78, 5) is 14.3. The van der Waals surface area contributed by atoms with Crippen LogP contribution in [0.4, 0.5) is 10.1 Å². The van der Waals surface area contributed by atoms with Crippen LogP contribution in [0, 0.1) is 18.2 Å². The molecular weight excluding hydrogens is 363 g/mol. The zero-order valence-corrected chi connectivity index (χ0v) is 16.1. The minimum atomic E-state index is -0.313. The van der Waals surface area contributed by atoms with Crippen LogP contribution in [-0.4, -0.2) is 45.2 Å². The maximum absolute atomic E-state index is 13.1. The van der Waals surface area contributed by atoms with Crippen molar-refractivity contribution in [2.45, 2.75) is 6.54 Å². The fraction of sp³-hybridized carbons (Fsp3) is 0.286. The van der Waals surface area contributed by atoms with Crippen LogP contribution in [0.3, 0.4) is 0 Å². The number of amides is 1. The third-order valence-corrected chi connectivity index (χ3v) is 3.95. The average Bonchev–Trinajstić information content (AvgIpc) is 2.68. The molecule has 6 nitrogen and oxygen atoms in total. The Labute approximate surface area is 164 Å². The first-order valence-electron chi connectivity index (χ1n) is 8.50. The fourth-order valence-corrected chi connectivity index (χ4v) is 2.70. The van der Waals surface area contributed by atoms with Crippen LogP contribution in [-0.2, 0) is 11.3 Å². The molecule has 0 bridgehead atoms. The summed E-state index contributed by atoms with van der Waals surface area (Å²) in [6.07, 6.45) is 5.41. The number of terminal acetylenes is 1. The van der Waals surface area contributed by atoms with Gasteiger partial charge in [0.25, 0.3) is 0 Å². The zero-order valence-electron chi connectivity index (χ0n) is 16.1. The molecule has 0 fully saturated rings. The Bertz CT molecular complexity index is 821. The molecule has 2 aromatic rings. The van der Waals surface area contributed by atoms with Crippen molar-refractivity contribution < 1.29 is 23.4 Å². The lowest BCUT2D eigenvalue weighted by Gasteiger charge is -2.20. The normalized spacial score (nSPS) is 10.3. The van der Waals surface area contributed by atoms with Crippen LogP contribution in [0.25, 0.3) is 0 Å². The summed E-state index contributed by atoms with van der Waals surface area (Å²) in [5, 5.41) is 2.80. The minimum Gasteiger partial charge on any atom is -0.493 e. The van der Waals surface area contributed by atoms with Gasteiger partial charge in [-0.2, -0.15) is 0 Å². The molecule has 0 aliphatic heterocycles. The first-order chi connectivity index (χ1) is 13.5. The van der Waals surface area contributed by atoms with Crippen molar-refractivity contribution in [3.63, 3.8) is 0 Å². The molecule has 2 aromatic carbocycles. The molecule has 148 valence electrons. The van der Waals surface area contributed by atoms with Gasteiger partial charge in [0.05, 0.1) is 34.4 Å². The summed E-state index contributed by atoms with van der Waals surface area (Å²) in [5.74, 6) is 3.27. The van der Waals surface area contributed by atoms with Gasteiger partial charge in [-0.15, -0.1) is 6.42 Å². The van der Waals surface area contributed by atoms with Gasteiger partial charge >= 0.3 is 0 Å². The van der Waals surface area contributed by atoms with E-state index in [9.17, 15) is 9.18 Å². The van der Waals surface area contributed by atoms with E-state index in [-0.39, 0.29) is 24.8 Å². The number of methoxy groups -OCH3 is 3. The Balaban J connectivity index is 2.10. The van der Waals surface area contributed by atoms with Crippen molar-refractivity contribution >= 4 is 11.6 Å². The largest absolute Gasteiger partial charge is 0.493 e. The summed E-state index contributed by atoms with van der Waals surface area (Å²) >= 11 is 0. The van der Waals surface area contributed by atoms with E-state index in [4.69, 9.17) is 20.6 Å². The van der Waals surface area contributed by atoms with Gasteiger partial charge in [-0.25, -0.2) is 4.39 Å². The zero-order chi connectivity index (χ0) is 20.5. The van der Waals surface area contributed by atoms with Crippen molar-refractivity contribution in [1.29, 1.82) is 0 Å². The van der Waals surface area contributed by atoms with Crippen LogP contribution in [0.15, 0.2) is 36.4 Å². The van der Waals surface area contributed by atoms with Crippen molar-refractivity contribution in [1.82, 2.24) is 4.90 Å².